The van der Waals surface area contributed by atoms with Crippen molar-refractivity contribution in [1.29, 1.82) is 0 Å². The van der Waals surface area contributed by atoms with Crippen LogP contribution in [0.3, 0.4) is 0 Å². The number of ether oxygens (including phenoxy) is 2. The van der Waals surface area contributed by atoms with Gasteiger partial charge in [0.15, 0.2) is 0 Å². The molecular weight excluding hydrogens is 270 g/mol. The lowest BCUT2D eigenvalue weighted by atomic mass is 10.1. The van der Waals surface area contributed by atoms with Gasteiger partial charge in [0.1, 0.15) is 0 Å². The summed E-state index contributed by atoms with van der Waals surface area (Å²) in [6.07, 6.45) is 2.47. The van der Waals surface area contributed by atoms with Crippen LogP contribution in [0.5, 0.6) is 6.01 Å². The molecule has 1 aromatic heterocycles. The molecule has 1 aliphatic heterocycles. The van der Waals surface area contributed by atoms with Crippen molar-refractivity contribution in [2.45, 2.75) is 18.9 Å². The van der Waals surface area contributed by atoms with E-state index in [2.05, 4.69) is 25.6 Å². The number of hydrogen-bond acceptors (Lipinski definition) is 7. The van der Waals surface area contributed by atoms with Gasteiger partial charge in [-0.05, 0) is 37.5 Å². The monoisotopic (exact) mass is 287 g/mol. The second kappa shape index (κ2) is 7.42. The van der Waals surface area contributed by atoms with Gasteiger partial charge in [0.05, 0.1) is 19.8 Å². The Labute approximate surface area is 117 Å². The quantitative estimate of drug-likeness (QED) is 0.746. The Morgan fingerprint density at radius 3 is 2.84 bits per heavy atom. The van der Waals surface area contributed by atoms with Gasteiger partial charge in [-0.1, -0.05) is 0 Å². The molecule has 19 heavy (non-hydrogen) atoms. The van der Waals surface area contributed by atoms with Crippen molar-refractivity contribution in [3.63, 3.8) is 0 Å². The number of halogens is 1. The van der Waals surface area contributed by atoms with E-state index in [0.717, 1.165) is 25.9 Å². The summed E-state index contributed by atoms with van der Waals surface area (Å²) in [7, 11) is 1.48. The number of nitrogens with zero attached hydrogens (tertiary/aromatic N) is 3. The molecule has 0 bridgehead atoms. The van der Waals surface area contributed by atoms with Crippen LogP contribution in [0.15, 0.2) is 0 Å². The minimum absolute atomic E-state index is 0.105. The summed E-state index contributed by atoms with van der Waals surface area (Å²) in [4.78, 5) is 11.8. The molecular formula is C11H18ClN5O2. The van der Waals surface area contributed by atoms with Crippen LogP contribution in [0, 0.1) is 0 Å². The Bertz CT molecular complexity index is 401. The lowest BCUT2D eigenvalue weighted by Gasteiger charge is -2.22. The summed E-state index contributed by atoms with van der Waals surface area (Å²) in [6.45, 7) is 3.28. The normalized spacial score (nSPS) is 16.3. The number of nitrogens with one attached hydrogen (secondary N) is 2. The number of hydrogen-bond donors (Lipinski definition) is 2. The summed E-state index contributed by atoms with van der Waals surface area (Å²) in [5.41, 5.74) is 0. The highest BCUT2D eigenvalue weighted by atomic mass is 35.5. The lowest BCUT2D eigenvalue weighted by Crippen LogP contribution is -2.33. The maximum absolute atomic E-state index is 5.75. The molecule has 2 N–H and O–H groups in total. The molecule has 2 rings (SSSR count). The van der Waals surface area contributed by atoms with Gasteiger partial charge < -0.3 is 20.1 Å². The first-order chi connectivity index (χ1) is 9.28. The van der Waals surface area contributed by atoms with Crippen molar-refractivity contribution in [2.75, 3.05) is 38.7 Å². The van der Waals surface area contributed by atoms with Gasteiger partial charge in [0.2, 0.25) is 11.2 Å². The van der Waals surface area contributed by atoms with Crippen LogP contribution >= 0.6 is 11.6 Å². The average Bonchev–Trinajstić information content (AvgIpc) is 2.44. The Morgan fingerprint density at radius 1 is 1.32 bits per heavy atom. The zero-order valence-electron chi connectivity index (χ0n) is 10.9. The zero-order chi connectivity index (χ0) is 13.5. The first-order valence-corrected chi connectivity index (χ1v) is 6.67. The SMILES string of the molecule is COc1nc(Cl)nc(NCCOC2CCNCC2)n1. The fourth-order valence-electron chi connectivity index (χ4n) is 1.85. The number of anilines is 1. The highest BCUT2D eigenvalue weighted by Crippen LogP contribution is 2.11. The fourth-order valence-corrected chi connectivity index (χ4v) is 2.01. The van der Waals surface area contributed by atoms with Crippen LogP contribution in [0.25, 0.3) is 0 Å². The van der Waals surface area contributed by atoms with E-state index < -0.39 is 0 Å². The molecule has 1 aliphatic rings. The number of methoxy groups -OCH3 is 1. The largest absolute Gasteiger partial charge is 0.467 e. The number of rotatable bonds is 6. The molecule has 0 amide bonds. The molecule has 0 radical (unpaired) electrons. The van der Waals surface area contributed by atoms with Crippen molar-refractivity contribution in [2.24, 2.45) is 0 Å². The van der Waals surface area contributed by atoms with E-state index in [1.54, 1.807) is 0 Å². The molecule has 0 unspecified atom stereocenters. The Hall–Kier alpha value is -1.18. The topological polar surface area (TPSA) is 81.2 Å². The van der Waals surface area contributed by atoms with Crippen molar-refractivity contribution in [1.82, 2.24) is 20.3 Å². The standard InChI is InChI=1S/C11H18ClN5O2/c1-18-11-16-9(12)15-10(17-11)14-6-7-19-8-2-4-13-5-3-8/h8,13H,2-7H2,1H3,(H,14,15,16,17). The molecule has 2 heterocycles. The summed E-state index contributed by atoms with van der Waals surface area (Å²) in [6, 6.07) is 0.196. The van der Waals surface area contributed by atoms with E-state index in [1.807, 2.05) is 0 Å². The molecule has 7 nitrogen and oxygen atoms in total. The van der Waals surface area contributed by atoms with E-state index in [0.29, 0.717) is 25.2 Å². The molecule has 1 saturated heterocycles. The predicted octanol–water partition coefficient (Wildman–Crippen LogP) is 0.714. The first-order valence-electron chi connectivity index (χ1n) is 6.29. The third-order valence-electron chi connectivity index (χ3n) is 2.80. The summed E-state index contributed by atoms with van der Waals surface area (Å²) in [5, 5.41) is 6.44. The maximum atomic E-state index is 5.75. The molecule has 8 heteroatoms. The van der Waals surface area contributed by atoms with Gasteiger partial charge in [-0.2, -0.15) is 15.0 Å². The van der Waals surface area contributed by atoms with E-state index in [9.17, 15) is 0 Å². The van der Waals surface area contributed by atoms with Crippen LogP contribution in [-0.4, -0.2) is 54.4 Å². The minimum Gasteiger partial charge on any atom is -0.467 e. The van der Waals surface area contributed by atoms with E-state index >= 15 is 0 Å². The second-order valence-electron chi connectivity index (χ2n) is 4.16. The van der Waals surface area contributed by atoms with Crippen molar-refractivity contribution in [3.8, 4) is 6.01 Å². The van der Waals surface area contributed by atoms with Crippen LogP contribution < -0.4 is 15.4 Å². The van der Waals surface area contributed by atoms with Crippen LogP contribution in [0.4, 0.5) is 5.95 Å². The summed E-state index contributed by atoms with van der Waals surface area (Å²) in [5.74, 6) is 0.394. The lowest BCUT2D eigenvalue weighted by molar-refractivity contribution is 0.0393. The summed E-state index contributed by atoms with van der Waals surface area (Å²) < 4.78 is 10.7. The smallest absolute Gasteiger partial charge is 0.322 e. The molecule has 0 saturated carbocycles. The molecule has 0 aliphatic carbocycles. The van der Waals surface area contributed by atoms with Crippen LogP contribution in [0.2, 0.25) is 5.28 Å². The molecule has 0 aromatic carbocycles. The second-order valence-corrected chi connectivity index (χ2v) is 4.50. The van der Waals surface area contributed by atoms with E-state index in [1.165, 1.54) is 7.11 Å². The third kappa shape index (κ3) is 4.77. The van der Waals surface area contributed by atoms with Gasteiger partial charge >= 0.3 is 6.01 Å². The number of aromatic nitrogens is 3. The Kier molecular flexibility index (Phi) is 5.56. The van der Waals surface area contributed by atoms with E-state index in [4.69, 9.17) is 21.1 Å². The summed E-state index contributed by atoms with van der Waals surface area (Å²) >= 11 is 5.74. The van der Waals surface area contributed by atoms with Gasteiger partial charge in [0.25, 0.3) is 0 Å². The van der Waals surface area contributed by atoms with Gasteiger partial charge in [-0.25, -0.2) is 0 Å². The number of piperidine rings is 1. The van der Waals surface area contributed by atoms with Gasteiger partial charge in [-0.15, -0.1) is 0 Å². The van der Waals surface area contributed by atoms with Gasteiger partial charge in [-0.3, -0.25) is 0 Å². The third-order valence-corrected chi connectivity index (χ3v) is 2.96. The Morgan fingerprint density at radius 2 is 2.11 bits per heavy atom. The highest BCUT2D eigenvalue weighted by Gasteiger charge is 2.12. The molecule has 1 fully saturated rings. The van der Waals surface area contributed by atoms with Crippen molar-refractivity contribution >= 4 is 17.5 Å². The Balaban J connectivity index is 1.71. The van der Waals surface area contributed by atoms with E-state index in [-0.39, 0.29) is 11.3 Å². The fraction of sp³-hybridized carbons (Fsp3) is 0.727. The molecule has 0 spiro atoms. The maximum Gasteiger partial charge on any atom is 0.322 e. The first kappa shape index (κ1) is 14.2. The molecule has 106 valence electrons. The zero-order valence-corrected chi connectivity index (χ0v) is 11.6. The van der Waals surface area contributed by atoms with Crippen LogP contribution in [0.1, 0.15) is 12.8 Å². The highest BCUT2D eigenvalue weighted by molar-refractivity contribution is 6.28. The van der Waals surface area contributed by atoms with Crippen molar-refractivity contribution in [3.05, 3.63) is 5.28 Å². The van der Waals surface area contributed by atoms with Crippen molar-refractivity contribution < 1.29 is 9.47 Å². The average molecular weight is 288 g/mol. The predicted molar refractivity (Wildman–Crippen MR) is 71.7 cm³/mol. The van der Waals surface area contributed by atoms with Crippen LogP contribution in [-0.2, 0) is 4.74 Å². The molecule has 0 atom stereocenters. The minimum atomic E-state index is 0.105. The molecule has 1 aromatic rings. The van der Waals surface area contributed by atoms with Gasteiger partial charge in [0, 0.05) is 6.54 Å².